The minimum atomic E-state index is -0.493. The fourth-order valence-corrected chi connectivity index (χ4v) is 1.52. The van der Waals surface area contributed by atoms with Gasteiger partial charge in [-0.1, -0.05) is 12.1 Å². The van der Waals surface area contributed by atoms with Crippen molar-refractivity contribution in [3.05, 3.63) is 29.8 Å². The van der Waals surface area contributed by atoms with E-state index in [4.69, 9.17) is 14.6 Å². The van der Waals surface area contributed by atoms with Crippen LogP contribution in [0.1, 0.15) is 26.3 Å². The smallest absolute Gasteiger partial charge is 0.407 e. The van der Waals surface area contributed by atoms with E-state index in [1.54, 1.807) is 0 Å². The standard InChI is InChI=1S/C15H23NO4/c1-15(2,3)20-14(18)16-9-11-19-13-6-4-12(5-7-13)8-10-17/h4-7,17H,8-11H2,1-3H3,(H,16,18). The van der Waals surface area contributed by atoms with Crippen LogP contribution in [0.2, 0.25) is 0 Å². The van der Waals surface area contributed by atoms with E-state index >= 15 is 0 Å². The Labute approximate surface area is 119 Å². The molecule has 1 amide bonds. The second-order valence-corrected chi connectivity index (χ2v) is 5.39. The van der Waals surface area contributed by atoms with Crippen LogP contribution in [0.5, 0.6) is 5.75 Å². The van der Waals surface area contributed by atoms with Crippen LogP contribution in [0.3, 0.4) is 0 Å². The molecule has 0 saturated carbocycles. The highest BCUT2D eigenvalue weighted by atomic mass is 16.6. The third-order valence-corrected chi connectivity index (χ3v) is 2.36. The Morgan fingerprint density at radius 3 is 2.45 bits per heavy atom. The number of carbonyl (C=O) groups excluding carboxylic acids is 1. The molecule has 0 atom stereocenters. The molecule has 0 bridgehead atoms. The molecule has 0 aliphatic carbocycles. The highest BCUT2D eigenvalue weighted by molar-refractivity contribution is 5.67. The van der Waals surface area contributed by atoms with Crippen LogP contribution in [-0.4, -0.2) is 36.6 Å². The molecule has 0 aromatic heterocycles. The average molecular weight is 281 g/mol. The number of aliphatic hydroxyl groups excluding tert-OH is 1. The normalized spacial score (nSPS) is 11.0. The number of ether oxygens (including phenoxy) is 2. The zero-order valence-corrected chi connectivity index (χ0v) is 12.3. The van der Waals surface area contributed by atoms with Crippen molar-refractivity contribution in [2.24, 2.45) is 0 Å². The maximum absolute atomic E-state index is 11.4. The third-order valence-electron chi connectivity index (χ3n) is 2.36. The molecule has 0 spiro atoms. The number of aliphatic hydroxyl groups is 1. The highest BCUT2D eigenvalue weighted by Gasteiger charge is 2.15. The summed E-state index contributed by atoms with van der Waals surface area (Å²) in [7, 11) is 0. The van der Waals surface area contributed by atoms with Gasteiger partial charge in [0.15, 0.2) is 0 Å². The third kappa shape index (κ3) is 6.99. The number of hydrogen-bond acceptors (Lipinski definition) is 4. The van der Waals surface area contributed by atoms with Crippen molar-refractivity contribution in [1.29, 1.82) is 0 Å². The van der Waals surface area contributed by atoms with Gasteiger partial charge in [-0.25, -0.2) is 4.79 Å². The molecule has 0 aliphatic heterocycles. The first kappa shape index (κ1) is 16.3. The van der Waals surface area contributed by atoms with E-state index in [0.717, 1.165) is 11.3 Å². The minimum absolute atomic E-state index is 0.139. The van der Waals surface area contributed by atoms with Gasteiger partial charge >= 0.3 is 6.09 Å². The summed E-state index contributed by atoms with van der Waals surface area (Å²) in [6, 6.07) is 7.51. The maximum Gasteiger partial charge on any atom is 0.407 e. The fraction of sp³-hybridized carbons (Fsp3) is 0.533. The van der Waals surface area contributed by atoms with E-state index in [2.05, 4.69) is 5.32 Å². The van der Waals surface area contributed by atoms with Gasteiger partial charge in [-0.15, -0.1) is 0 Å². The number of benzene rings is 1. The van der Waals surface area contributed by atoms with Crippen molar-refractivity contribution >= 4 is 6.09 Å². The van der Waals surface area contributed by atoms with Crippen LogP contribution in [-0.2, 0) is 11.2 Å². The molecule has 2 N–H and O–H groups in total. The lowest BCUT2D eigenvalue weighted by molar-refractivity contribution is 0.0520. The second kappa shape index (κ2) is 7.75. The van der Waals surface area contributed by atoms with Gasteiger partial charge in [0.1, 0.15) is 18.0 Å². The Bertz CT molecular complexity index is 409. The Kier molecular flexibility index (Phi) is 6.31. The van der Waals surface area contributed by atoms with Gasteiger partial charge in [-0.3, -0.25) is 0 Å². The molecule has 5 nitrogen and oxygen atoms in total. The summed E-state index contributed by atoms with van der Waals surface area (Å²) in [5.74, 6) is 0.734. The molecule has 0 fully saturated rings. The van der Waals surface area contributed by atoms with Gasteiger partial charge in [0.25, 0.3) is 0 Å². The van der Waals surface area contributed by atoms with Gasteiger partial charge in [0.2, 0.25) is 0 Å². The van der Waals surface area contributed by atoms with E-state index < -0.39 is 11.7 Å². The summed E-state index contributed by atoms with van der Waals surface area (Å²) in [4.78, 5) is 11.4. The van der Waals surface area contributed by atoms with Crippen molar-refractivity contribution in [2.45, 2.75) is 32.8 Å². The molecule has 1 aromatic rings. The largest absolute Gasteiger partial charge is 0.492 e. The first-order valence-corrected chi connectivity index (χ1v) is 6.70. The van der Waals surface area contributed by atoms with Crippen LogP contribution in [0.25, 0.3) is 0 Å². The molecular formula is C15H23NO4. The number of carbonyl (C=O) groups is 1. The topological polar surface area (TPSA) is 67.8 Å². The number of hydrogen-bond donors (Lipinski definition) is 2. The molecule has 0 radical (unpaired) electrons. The maximum atomic E-state index is 11.4. The van der Waals surface area contributed by atoms with Gasteiger partial charge in [0.05, 0.1) is 6.54 Å². The minimum Gasteiger partial charge on any atom is -0.492 e. The summed E-state index contributed by atoms with van der Waals surface area (Å²) in [6.45, 7) is 6.34. The average Bonchev–Trinajstić information content (AvgIpc) is 2.35. The first-order valence-electron chi connectivity index (χ1n) is 6.70. The number of rotatable bonds is 6. The van der Waals surface area contributed by atoms with E-state index in [9.17, 15) is 4.79 Å². The second-order valence-electron chi connectivity index (χ2n) is 5.39. The first-order chi connectivity index (χ1) is 9.40. The van der Waals surface area contributed by atoms with Crippen LogP contribution in [0.4, 0.5) is 4.79 Å². The zero-order valence-electron chi connectivity index (χ0n) is 12.3. The molecule has 0 saturated heterocycles. The summed E-state index contributed by atoms with van der Waals surface area (Å²) in [6.07, 6.45) is 0.194. The van der Waals surface area contributed by atoms with Crippen LogP contribution >= 0.6 is 0 Å². The SMILES string of the molecule is CC(C)(C)OC(=O)NCCOc1ccc(CCO)cc1. The summed E-state index contributed by atoms with van der Waals surface area (Å²) >= 11 is 0. The van der Waals surface area contributed by atoms with Crippen molar-refractivity contribution in [2.75, 3.05) is 19.8 Å². The molecule has 0 unspecified atom stereocenters. The van der Waals surface area contributed by atoms with E-state index in [1.807, 2.05) is 45.0 Å². The van der Waals surface area contributed by atoms with Gasteiger partial charge in [-0.05, 0) is 44.9 Å². The lowest BCUT2D eigenvalue weighted by Crippen LogP contribution is -2.34. The van der Waals surface area contributed by atoms with Crippen LogP contribution in [0, 0.1) is 0 Å². The van der Waals surface area contributed by atoms with Crippen molar-refractivity contribution < 1.29 is 19.4 Å². The Balaban J connectivity index is 2.22. The predicted octanol–water partition coefficient (Wildman–Crippen LogP) is 2.12. The Hall–Kier alpha value is -1.75. The fourth-order valence-electron chi connectivity index (χ4n) is 1.52. The molecule has 112 valence electrons. The summed E-state index contributed by atoms with van der Waals surface area (Å²) < 4.78 is 10.6. The van der Waals surface area contributed by atoms with Gasteiger partial charge in [0, 0.05) is 6.61 Å². The summed E-state index contributed by atoms with van der Waals surface area (Å²) in [5.41, 5.74) is 0.569. The molecule has 0 heterocycles. The van der Waals surface area contributed by atoms with Crippen molar-refractivity contribution in [3.63, 3.8) is 0 Å². The summed E-state index contributed by atoms with van der Waals surface area (Å²) in [5, 5.41) is 11.4. The molecule has 0 aliphatic rings. The number of nitrogens with one attached hydrogen (secondary N) is 1. The predicted molar refractivity (Wildman–Crippen MR) is 77.0 cm³/mol. The van der Waals surface area contributed by atoms with Crippen molar-refractivity contribution in [3.8, 4) is 5.75 Å². The van der Waals surface area contributed by atoms with Crippen molar-refractivity contribution in [1.82, 2.24) is 5.32 Å². The quantitative estimate of drug-likeness (QED) is 0.784. The van der Waals surface area contributed by atoms with E-state index in [1.165, 1.54) is 0 Å². The van der Waals surface area contributed by atoms with Crippen LogP contribution < -0.4 is 10.1 Å². The van der Waals surface area contributed by atoms with E-state index in [-0.39, 0.29) is 6.61 Å². The lowest BCUT2D eigenvalue weighted by Gasteiger charge is -2.19. The van der Waals surface area contributed by atoms with E-state index in [0.29, 0.717) is 19.6 Å². The Morgan fingerprint density at radius 1 is 1.25 bits per heavy atom. The molecule has 5 heteroatoms. The van der Waals surface area contributed by atoms with Gasteiger partial charge in [-0.2, -0.15) is 0 Å². The Morgan fingerprint density at radius 2 is 1.90 bits per heavy atom. The van der Waals surface area contributed by atoms with Gasteiger partial charge < -0.3 is 19.9 Å². The molecule has 1 rings (SSSR count). The molecular weight excluding hydrogens is 258 g/mol. The monoisotopic (exact) mass is 281 g/mol. The lowest BCUT2D eigenvalue weighted by atomic mass is 10.1. The highest BCUT2D eigenvalue weighted by Crippen LogP contribution is 2.12. The zero-order chi connectivity index (χ0) is 15.0. The number of alkyl carbamates (subject to hydrolysis) is 1. The van der Waals surface area contributed by atoms with Crippen LogP contribution in [0.15, 0.2) is 24.3 Å². The molecule has 20 heavy (non-hydrogen) atoms. The number of amides is 1. The molecule has 1 aromatic carbocycles.